The number of rotatable bonds is 17. The highest BCUT2D eigenvalue weighted by atomic mass is 16.5. The Labute approximate surface area is 190 Å². The van der Waals surface area contributed by atoms with E-state index in [0.29, 0.717) is 12.8 Å². The Morgan fingerprint density at radius 1 is 0.806 bits per heavy atom. The lowest BCUT2D eigenvalue weighted by Gasteiger charge is -2.03. The van der Waals surface area contributed by atoms with Crippen molar-refractivity contribution < 1.29 is 19.4 Å². The molecule has 0 saturated carbocycles. The third-order valence-corrected chi connectivity index (χ3v) is 4.78. The molecule has 2 N–H and O–H groups in total. The van der Waals surface area contributed by atoms with Crippen LogP contribution in [0.5, 0.6) is 0 Å². The number of allylic oxidation sites excluding steroid dienone is 6. The van der Waals surface area contributed by atoms with Crippen LogP contribution < -0.4 is 5.32 Å². The zero-order valence-electron chi connectivity index (χ0n) is 19.7. The summed E-state index contributed by atoms with van der Waals surface area (Å²) in [5, 5.41) is 11.7. The summed E-state index contributed by atoms with van der Waals surface area (Å²) in [6.07, 6.45) is 26.6. The first-order valence-electron chi connectivity index (χ1n) is 12.2. The monoisotopic (exact) mass is 435 g/mol. The van der Waals surface area contributed by atoms with Gasteiger partial charge in [-0.05, 0) is 77.3 Å². The van der Waals surface area contributed by atoms with E-state index in [1.165, 1.54) is 51.6 Å². The number of carboxylic acid groups (broad SMARTS) is 1. The molecule has 0 bridgehead atoms. The van der Waals surface area contributed by atoms with Crippen molar-refractivity contribution in [2.75, 3.05) is 19.7 Å². The van der Waals surface area contributed by atoms with Crippen molar-refractivity contribution >= 4 is 11.9 Å². The van der Waals surface area contributed by atoms with E-state index in [2.05, 4.69) is 48.7 Å². The lowest BCUT2D eigenvalue weighted by molar-refractivity contribution is -0.145. The number of nitrogens with one attached hydrogen (secondary N) is 1. The number of carbonyl (C=O) groups excluding carboxylic acids is 1. The number of carbonyl (C=O) groups is 2. The molecule has 0 aromatic rings. The fourth-order valence-corrected chi connectivity index (χ4v) is 2.93. The molecule has 178 valence electrons. The lowest BCUT2D eigenvalue weighted by atomic mass is 10.1. The first-order valence-corrected chi connectivity index (χ1v) is 12.2. The summed E-state index contributed by atoms with van der Waals surface area (Å²) < 4.78 is 4.98. The van der Waals surface area contributed by atoms with E-state index in [1.807, 2.05) is 0 Å². The van der Waals surface area contributed by atoms with Gasteiger partial charge in [-0.2, -0.15) is 0 Å². The van der Waals surface area contributed by atoms with Gasteiger partial charge in [0, 0.05) is 12.8 Å². The number of hydrogen-bond donors (Lipinski definition) is 2. The van der Waals surface area contributed by atoms with Crippen molar-refractivity contribution in [1.82, 2.24) is 5.32 Å². The molecule has 1 rings (SSSR count). The third-order valence-electron chi connectivity index (χ3n) is 4.78. The molecule has 0 aromatic carbocycles. The number of hydrogen-bond acceptors (Lipinski definition) is 4. The summed E-state index contributed by atoms with van der Waals surface area (Å²) in [6, 6.07) is 0. The second-order valence-corrected chi connectivity index (χ2v) is 7.80. The Kier molecular flexibility index (Phi) is 22.9. The van der Waals surface area contributed by atoms with Crippen molar-refractivity contribution in [3.05, 3.63) is 36.5 Å². The molecule has 0 aliphatic carbocycles. The van der Waals surface area contributed by atoms with Crippen LogP contribution in [0.3, 0.4) is 0 Å². The summed E-state index contributed by atoms with van der Waals surface area (Å²) >= 11 is 0. The summed E-state index contributed by atoms with van der Waals surface area (Å²) in [5.74, 6) is -1.09. The average Bonchev–Trinajstić information content (AvgIpc) is 3.34. The summed E-state index contributed by atoms with van der Waals surface area (Å²) in [6.45, 7) is 4.92. The topological polar surface area (TPSA) is 75.6 Å². The van der Waals surface area contributed by atoms with Crippen LogP contribution >= 0.6 is 0 Å². The highest BCUT2D eigenvalue weighted by Gasteiger charge is 2.03. The van der Waals surface area contributed by atoms with Crippen LogP contribution in [0.1, 0.15) is 96.8 Å². The van der Waals surface area contributed by atoms with Crippen LogP contribution in [0.4, 0.5) is 0 Å². The SMILES string of the molecule is C1CCNC1.CCCCCC=CCC=CCC=CCCCCC(=O)OCCCC(=O)O. The zero-order valence-corrected chi connectivity index (χ0v) is 19.7. The van der Waals surface area contributed by atoms with Crippen LogP contribution in [0.2, 0.25) is 0 Å². The van der Waals surface area contributed by atoms with E-state index < -0.39 is 5.97 Å². The van der Waals surface area contributed by atoms with Gasteiger partial charge in [0.25, 0.3) is 0 Å². The predicted octanol–water partition coefficient (Wildman–Crippen LogP) is 6.35. The van der Waals surface area contributed by atoms with Gasteiger partial charge in [-0.1, -0.05) is 56.2 Å². The summed E-state index contributed by atoms with van der Waals surface area (Å²) in [4.78, 5) is 21.7. The standard InChI is InChI=1S/C22H36O4.C4H9N/c1-2-3-4-5-6-7-8-9-10-11-12-13-14-15-16-19-22(25)26-20-17-18-21(23)24;1-2-4-5-3-1/h6-7,9-10,12-13H,2-5,8,11,14-20H2,1H3,(H,23,24);5H,1-4H2. The zero-order chi connectivity index (χ0) is 22.8. The molecule has 5 nitrogen and oxygen atoms in total. The van der Waals surface area contributed by atoms with E-state index in [9.17, 15) is 9.59 Å². The summed E-state index contributed by atoms with van der Waals surface area (Å²) in [5.41, 5.74) is 0. The first-order chi connectivity index (χ1) is 15.2. The molecule has 1 saturated heterocycles. The van der Waals surface area contributed by atoms with Gasteiger partial charge >= 0.3 is 11.9 Å². The molecule has 0 spiro atoms. The van der Waals surface area contributed by atoms with E-state index in [1.54, 1.807) is 0 Å². The quantitative estimate of drug-likeness (QED) is 0.158. The molecule has 1 fully saturated rings. The maximum atomic E-state index is 11.4. The van der Waals surface area contributed by atoms with Crippen LogP contribution in [0, 0.1) is 0 Å². The van der Waals surface area contributed by atoms with Gasteiger partial charge in [0.15, 0.2) is 0 Å². The Morgan fingerprint density at radius 3 is 1.90 bits per heavy atom. The Hall–Kier alpha value is -1.88. The van der Waals surface area contributed by atoms with E-state index in [4.69, 9.17) is 9.84 Å². The van der Waals surface area contributed by atoms with Crippen LogP contribution in [0.15, 0.2) is 36.5 Å². The molecule has 31 heavy (non-hydrogen) atoms. The maximum Gasteiger partial charge on any atom is 0.305 e. The molecule has 0 radical (unpaired) electrons. The first kappa shape index (κ1) is 29.1. The highest BCUT2D eigenvalue weighted by molar-refractivity contribution is 5.69. The second kappa shape index (κ2) is 24.4. The molecule has 1 aliphatic heterocycles. The minimum atomic E-state index is -0.860. The molecule has 1 heterocycles. The molecule has 0 unspecified atom stereocenters. The number of esters is 1. The van der Waals surface area contributed by atoms with Gasteiger partial charge in [0.05, 0.1) is 6.61 Å². The number of aliphatic carboxylic acids is 1. The molecule has 1 aliphatic rings. The number of carboxylic acids is 1. The Bertz CT molecular complexity index is 500. The summed E-state index contributed by atoms with van der Waals surface area (Å²) in [7, 11) is 0. The van der Waals surface area contributed by atoms with Gasteiger partial charge in [0.2, 0.25) is 0 Å². The minimum absolute atomic E-state index is 0.0434. The van der Waals surface area contributed by atoms with Crippen molar-refractivity contribution in [3.63, 3.8) is 0 Å². The number of ether oxygens (including phenoxy) is 1. The maximum absolute atomic E-state index is 11.4. The molecular weight excluding hydrogens is 390 g/mol. The highest BCUT2D eigenvalue weighted by Crippen LogP contribution is 2.04. The van der Waals surface area contributed by atoms with Crippen molar-refractivity contribution in [2.24, 2.45) is 0 Å². The molecular formula is C26H45NO4. The normalized spacial score (nSPS) is 13.7. The smallest absolute Gasteiger partial charge is 0.305 e. The van der Waals surface area contributed by atoms with Crippen LogP contribution in [-0.2, 0) is 14.3 Å². The van der Waals surface area contributed by atoms with E-state index in [0.717, 1.165) is 32.1 Å². The van der Waals surface area contributed by atoms with Gasteiger partial charge < -0.3 is 15.2 Å². The van der Waals surface area contributed by atoms with Gasteiger partial charge in [-0.15, -0.1) is 0 Å². The second-order valence-electron chi connectivity index (χ2n) is 7.80. The minimum Gasteiger partial charge on any atom is -0.481 e. The largest absolute Gasteiger partial charge is 0.481 e. The van der Waals surface area contributed by atoms with Crippen LogP contribution in [-0.4, -0.2) is 36.7 Å². The third kappa shape index (κ3) is 26.1. The lowest BCUT2D eigenvalue weighted by Crippen LogP contribution is -2.07. The molecule has 0 aromatic heterocycles. The molecule has 0 amide bonds. The number of unbranched alkanes of at least 4 members (excludes halogenated alkanes) is 5. The fourth-order valence-electron chi connectivity index (χ4n) is 2.93. The predicted molar refractivity (Wildman–Crippen MR) is 129 cm³/mol. The van der Waals surface area contributed by atoms with Crippen LogP contribution in [0.25, 0.3) is 0 Å². The Morgan fingerprint density at radius 2 is 1.39 bits per heavy atom. The fraction of sp³-hybridized carbons (Fsp3) is 0.692. The van der Waals surface area contributed by atoms with Gasteiger partial charge in [-0.25, -0.2) is 0 Å². The van der Waals surface area contributed by atoms with Crippen molar-refractivity contribution in [2.45, 2.75) is 96.8 Å². The van der Waals surface area contributed by atoms with Gasteiger partial charge in [0.1, 0.15) is 0 Å². The van der Waals surface area contributed by atoms with E-state index >= 15 is 0 Å². The molecule has 0 atom stereocenters. The van der Waals surface area contributed by atoms with E-state index in [-0.39, 0.29) is 19.0 Å². The average molecular weight is 436 g/mol. The molecule has 5 heteroatoms. The Balaban J connectivity index is 0.00000156. The van der Waals surface area contributed by atoms with Crippen molar-refractivity contribution in [3.8, 4) is 0 Å². The van der Waals surface area contributed by atoms with Gasteiger partial charge in [-0.3, -0.25) is 9.59 Å². The van der Waals surface area contributed by atoms with Crippen molar-refractivity contribution in [1.29, 1.82) is 0 Å².